The van der Waals surface area contributed by atoms with Gasteiger partial charge >= 0.3 is 0 Å². The lowest BCUT2D eigenvalue weighted by molar-refractivity contribution is -0.130. The number of aliphatic hydroxyl groups is 1. The minimum absolute atomic E-state index is 0.0745. The molecule has 5 nitrogen and oxygen atoms in total. The van der Waals surface area contributed by atoms with Crippen LogP contribution in [0.1, 0.15) is 58.3 Å². The Morgan fingerprint density at radius 3 is 2.76 bits per heavy atom. The summed E-state index contributed by atoms with van der Waals surface area (Å²) in [4.78, 5) is 14.6. The number of halogens is 1. The van der Waals surface area contributed by atoms with E-state index in [4.69, 9.17) is 0 Å². The molecule has 4 aliphatic rings. The first-order chi connectivity index (χ1) is 13.9. The predicted octanol–water partition coefficient (Wildman–Crippen LogP) is 3.74. The fourth-order valence-corrected chi connectivity index (χ4v) is 7.58. The van der Waals surface area contributed by atoms with E-state index in [9.17, 15) is 14.3 Å². The molecule has 158 valence electrons. The Labute approximate surface area is 171 Å². The van der Waals surface area contributed by atoms with Crippen LogP contribution in [0.4, 0.5) is 4.39 Å². The van der Waals surface area contributed by atoms with Gasteiger partial charge in [0.25, 0.3) is 0 Å². The van der Waals surface area contributed by atoms with Crippen LogP contribution in [0.2, 0.25) is 0 Å². The molecule has 3 fully saturated rings. The quantitative estimate of drug-likeness (QED) is 0.781. The average Bonchev–Trinajstić information content (AvgIpc) is 3.34. The van der Waals surface area contributed by atoms with E-state index in [0.29, 0.717) is 36.5 Å². The number of alkyl halides is 1. The summed E-state index contributed by atoms with van der Waals surface area (Å²) in [5, 5.41) is 18.7. The first-order valence-electron chi connectivity index (χ1n) is 11.3. The number of rotatable bonds is 4. The van der Waals surface area contributed by atoms with Gasteiger partial charge in [-0.05, 0) is 80.5 Å². The number of ketones is 1. The molecule has 0 saturated heterocycles. The molecule has 29 heavy (non-hydrogen) atoms. The highest BCUT2D eigenvalue weighted by Crippen LogP contribution is 2.63. The first-order valence-corrected chi connectivity index (χ1v) is 11.3. The van der Waals surface area contributed by atoms with Crippen LogP contribution in [0.5, 0.6) is 0 Å². The number of allylic oxidation sites excluding steroid dienone is 1. The van der Waals surface area contributed by atoms with Crippen molar-refractivity contribution in [3.05, 3.63) is 24.0 Å². The summed E-state index contributed by atoms with van der Waals surface area (Å²) in [6.45, 7) is 1.99. The number of carbonyl (C=O) groups is 1. The SMILES string of the molecule is C[C@]12CC[C@H]3[C@@H](CC=C4C[C@@](O)(CF)CC[C@@H]43)[C@@H]1CC[C@@H]2C(=O)Cn1nccn1. The molecule has 0 amide bonds. The van der Waals surface area contributed by atoms with Crippen molar-refractivity contribution >= 4 is 5.78 Å². The number of hydrogen-bond donors (Lipinski definition) is 1. The highest BCUT2D eigenvalue weighted by molar-refractivity contribution is 5.82. The Balaban J connectivity index is 1.34. The zero-order chi connectivity index (χ0) is 20.2. The van der Waals surface area contributed by atoms with E-state index in [1.165, 1.54) is 10.4 Å². The third-order valence-corrected chi connectivity index (χ3v) is 8.99. The fourth-order valence-electron chi connectivity index (χ4n) is 7.58. The summed E-state index contributed by atoms with van der Waals surface area (Å²) in [5.74, 6) is 2.74. The van der Waals surface area contributed by atoms with Crippen molar-refractivity contribution in [3.63, 3.8) is 0 Å². The second-order valence-corrected chi connectivity index (χ2v) is 10.3. The summed E-state index contributed by atoms with van der Waals surface area (Å²) < 4.78 is 13.3. The van der Waals surface area contributed by atoms with Crippen molar-refractivity contribution in [1.82, 2.24) is 15.0 Å². The molecule has 0 unspecified atom stereocenters. The zero-order valence-corrected chi connectivity index (χ0v) is 17.3. The first kappa shape index (κ1) is 19.4. The molecule has 1 N–H and O–H groups in total. The Morgan fingerprint density at radius 2 is 2.00 bits per heavy atom. The van der Waals surface area contributed by atoms with E-state index >= 15 is 0 Å². The lowest BCUT2D eigenvalue weighted by Crippen LogP contribution is -2.49. The van der Waals surface area contributed by atoms with Crippen LogP contribution in [0.25, 0.3) is 0 Å². The minimum atomic E-state index is -1.14. The van der Waals surface area contributed by atoms with Crippen LogP contribution < -0.4 is 0 Å². The molecular formula is C23H32FN3O2. The van der Waals surface area contributed by atoms with Crippen molar-refractivity contribution in [2.24, 2.45) is 35.0 Å². The molecule has 3 saturated carbocycles. The van der Waals surface area contributed by atoms with E-state index in [1.54, 1.807) is 12.4 Å². The van der Waals surface area contributed by atoms with Gasteiger partial charge in [-0.15, -0.1) is 0 Å². The van der Waals surface area contributed by atoms with E-state index in [1.807, 2.05) is 0 Å². The molecule has 0 aliphatic heterocycles. The van der Waals surface area contributed by atoms with Crippen LogP contribution in [0, 0.1) is 35.0 Å². The topological polar surface area (TPSA) is 68.0 Å². The van der Waals surface area contributed by atoms with Gasteiger partial charge in [-0.1, -0.05) is 18.6 Å². The maximum atomic E-state index is 13.3. The monoisotopic (exact) mass is 401 g/mol. The smallest absolute Gasteiger partial charge is 0.159 e. The van der Waals surface area contributed by atoms with E-state index in [0.717, 1.165) is 38.5 Å². The molecule has 5 rings (SSSR count). The zero-order valence-electron chi connectivity index (χ0n) is 17.3. The molecule has 1 aromatic heterocycles. The molecule has 6 heteroatoms. The highest BCUT2D eigenvalue weighted by Gasteiger charge is 2.57. The summed E-state index contributed by atoms with van der Waals surface area (Å²) in [6.07, 6.45) is 12.9. The number of nitrogens with zero attached hydrogens (tertiary/aromatic N) is 3. The van der Waals surface area contributed by atoms with Gasteiger partial charge in [0.05, 0.1) is 18.0 Å². The molecular weight excluding hydrogens is 369 g/mol. The van der Waals surface area contributed by atoms with Gasteiger partial charge in [0.15, 0.2) is 5.78 Å². The van der Waals surface area contributed by atoms with E-state index in [-0.39, 0.29) is 23.7 Å². The summed E-state index contributed by atoms with van der Waals surface area (Å²) in [6, 6.07) is 0. The maximum Gasteiger partial charge on any atom is 0.159 e. The van der Waals surface area contributed by atoms with Crippen LogP contribution in [-0.4, -0.2) is 38.2 Å². The van der Waals surface area contributed by atoms with E-state index in [2.05, 4.69) is 23.2 Å². The van der Waals surface area contributed by atoms with Gasteiger partial charge < -0.3 is 5.11 Å². The molecule has 7 atom stereocenters. The number of carbonyl (C=O) groups excluding carboxylic acids is 1. The third-order valence-electron chi connectivity index (χ3n) is 8.99. The van der Waals surface area contributed by atoms with Gasteiger partial charge in [0.2, 0.25) is 0 Å². The number of hydrogen-bond acceptors (Lipinski definition) is 4. The second-order valence-electron chi connectivity index (χ2n) is 10.3. The van der Waals surface area contributed by atoms with Gasteiger partial charge in [-0.3, -0.25) is 4.79 Å². The summed E-state index contributed by atoms with van der Waals surface area (Å²) in [7, 11) is 0. The average molecular weight is 402 g/mol. The lowest BCUT2D eigenvalue weighted by atomic mass is 9.51. The minimum Gasteiger partial charge on any atom is -0.387 e. The van der Waals surface area contributed by atoms with Crippen LogP contribution in [-0.2, 0) is 11.3 Å². The van der Waals surface area contributed by atoms with Gasteiger partial charge in [0, 0.05) is 5.92 Å². The Morgan fingerprint density at radius 1 is 1.21 bits per heavy atom. The Bertz CT molecular complexity index is 809. The normalized spacial score (nSPS) is 43.8. The summed E-state index contributed by atoms with van der Waals surface area (Å²) in [5.41, 5.74) is 0.242. The Hall–Kier alpha value is -1.56. The highest BCUT2D eigenvalue weighted by atomic mass is 19.1. The number of aromatic nitrogens is 3. The number of fused-ring (bicyclic) bond motifs is 5. The van der Waals surface area contributed by atoms with Crippen LogP contribution in [0.3, 0.4) is 0 Å². The Kier molecular flexibility index (Phi) is 4.68. The maximum absolute atomic E-state index is 13.3. The van der Waals surface area contributed by atoms with Crippen molar-refractivity contribution in [2.75, 3.05) is 6.67 Å². The van der Waals surface area contributed by atoms with Gasteiger partial charge in [0.1, 0.15) is 13.2 Å². The van der Waals surface area contributed by atoms with Crippen molar-refractivity contribution in [1.29, 1.82) is 0 Å². The largest absolute Gasteiger partial charge is 0.387 e. The van der Waals surface area contributed by atoms with Gasteiger partial charge in [-0.25, -0.2) is 4.39 Å². The molecule has 1 heterocycles. The van der Waals surface area contributed by atoms with Gasteiger partial charge in [-0.2, -0.15) is 15.0 Å². The van der Waals surface area contributed by atoms with Crippen molar-refractivity contribution < 1.29 is 14.3 Å². The molecule has 0 radical (unpaired) electrons. The predicted molar refractivity (Wildman–Crippen MR) is 107 cm³/mol. The van der Waals surface area contributed by atoms with Crippen molar-refractivity contribution in [2.45, 2.75) is 70.4 Å². The van der Waals surface area contributed by atoms with E-state index < -0.39 is 12.3 Å². The lowest BCUT2D eigenvalue weighted by Gasteiger charge is -2.54. The molecule has 1 aromatic rings. The molecule has 4 aliphatic carbocycles. The third kappa shape index (κ3) is 3.09. The number of Topliss-reactive ketones (excluding diaryl/α,β-unsaturated/α-hetero) is 1. The molecule has 0 bridgehead atoms. The standard InChI is InChI=1S/C23H32FN3O2/c1-22-8-6-17-16-7-9-23(29,14-24)12-15(16)2-3-18(17)19(22)4-5-20(22)21(28)13-27-25-10-11-26-27/h2,10-11,16-20,29H,3-9,12-14H2,1H3/t16-,17+,18+,19-,20+,22-,23+/m0/s1. The molecule has 0 spiro atoms. The van der Waals surface area contributed by atoms with Crippen LogP contribution in [0.15, 0.2) is 24.0 Å². The summed E-state index contributed by atoms with van der Waals surface area (Å²) >= 11 is 0. The second kappa shape index (κ2) is 7.00. The van der Waals surface area contributed by atoms with Crippen LogP contribution >= 0.6 is 0 Å². The van der Waals surface area contributed by atoms with Crippen molar-refractivity contribution in [3.8, 4) is 0 Å². The molecule has 0 aromatic carbocycles. The fraction of sp³-hybridized carbons (Fsp3) is 0.783.